The second-order valence-corrected chi connectivity index (χ2v) is 15.8. The van der Waals surface area contributed by atoms with Gasteiger partial charge < -0.3 is 4.57 Å². The van der Waals surface area contributed by atoms with E-state index in [9.17, 15) is 0 Å². The minimum atomic E-state index is 0.638. The summed E-state index contributed by atoms with van der Waals surface area (Å²) in [5.74, 6) is 0.638. The molecule has 0 spiro atoms. The van der Waals surface area contributed by atoms with E-state index in [2.05, 4.69) is 187 Å². The van der Waals surface area contributed by atoms with Crippen LogP contribution in [0.5, 0.6) is 0 Å². The molecule has 0 amide bonds. The summed E-state index contributed by atoms with van der Waals surface area (Å²) in [4.78, 5) is 15.2. The van der Waals surface area contributed by atoms with Gasteiger partial charge in [-0.3, -0.25) is 0 Å². The fourth-order valence-corrected chi connectivity index (χ4v) is 10.1. The van der Waals surface area contributed by atoms with Crippen molar-refractivity contribution in [2.75, 3.05) is 0 Å². The number of pyridine rings is 1. The van der Waals surface area contributed by atoms with Gasteiger partial charge in [-0.2, -0.15) is 0 Å². The maximum Gasteiger partial charge on any atom is 0.163 e. The summed E-state index contributed by atoms with van der Waals surface area (Å²) in [5.41, 5.74) is 11.5. The summed E-state index contributed by atoms with van der Waals surface area (Å²) in [7, 11) is 0. The topological polar surface area (TPSA) is 43.6 Å². The van der Waals surface area contributed by atoms with E-state index in [0.29, 0.717) is 11.5 Å². The molecule has 12 rings (SSSR count). The molecule has 0 N–H and O–H groups in total. The van der Waals surface area contributed by atoms with Crippen molar-refractivity contribution in [3.8, 4) is 50.6 Å². The van der Waals surface area contributed by atoms with Gasteiger partial charge in [-0.05, 0) is 94.4 Å². The number of thiophene rings is 1. The molecule has 58 heavy (non-hydrogen) atoms. The lowest BCUT2D eigenvalue weighted by molar-refractivity contribution is 1.17. The largest absolute Gasteiger partial charge is 0.309 e. The monoisotopic (exact) mass is 756 g/mol. The number of hydrogen-bond donors (Lipinski definition) is 0. The Morgan fingerprint density at radius 1 is 0.414 bits per heavy atom. The number of fused-ring (bicyclic) bond motifs is 11. The lowest BCUT2D eigenvalue weighted by Gasteiger charge is -2.14. The molecule has 4 aromatic heterocycles. The van der Waals surface area contributed by atoms with Gasteiger partial charge in [0.05, 0.1) is 16.7 Å². The molecule has 8 aromatic carbocycles. The first-order valence-corrected chi connectivity index (χ1v) is 20.3. The standard InChI is InChI=1S/C53H32N4S/c1-3-14-33(15-4-1)36-30-37(34-16-5-2-6-17-34)32-38(31-36)49-44-22-13-29-54-53(44)56-52(55-49)35-25-27-39(28-26-35)57-45-23-11-9-20-42(45)47-40-18-7-8-19-41(40)51-48(50(47)57)43-21-10-12-24-46(43)58-51/h1-32H. The average molecular weight is 757 g/mol. The van der Waals surface area contributed by atoms with Gasteiger partial charge in [0.25, 0.3) is 0 Å². The van der Waals surface area contributed by atoms with Crippen molar-refractivity contribution >= 4 is 75.1 Å². The Balaban J connectivity index is 1.06. The second-order valence-electron chi connectivity index (χ2n) is 14.8. The van der Waals surface area contributed by atoms with E-state index >= 15 is 0 Å². The molecule has 0 aliphatic heterocycles. The van der Waals surface area contributed by atoms with Gasteiger partial charge in [0.1, 0.15) is 0 Å². The molecule has 4 nitrogen and oxygen atoms in total. The van der Waals surface area contributed by atoms with E-state index in [1.54, 1.807) is 0 Å². The van der Waals surface area contributed by atoms with Crippen LogP contribution in [0.4, 0.5) is 0 Å². The lowest BCUT2D eigenvalue weighted by atomic mass is 9.94. The van der Waals surface area contributed by atoms with Crippen molar-refractivity contribution in [3.63, 3.8) is 0 Å². The third-order valence-electron chi connectivity index (χ3n) is 11.4. The Morgan fingerprint density at radius 3 is 1.76 bits per heavy atom. The van der Waals surface area contributed by atoms with Gasteiger partial charge >= 0.3 is 0 Å². The summed E-state index contributed by atoms with van der Waals surface area (Å²) in [6.07, 6.45) is 1.81. The number of nitrogens with zero attached hydrogens (tertiary/aromatic N) is 4. The van der Waals surface area contributed by atoms with E-state index in [0.717, 1.165) is 50.1 Å². The molecule has 0 fully saturated rings. The molecule has 0 aliphatic rings. The molecule has 0 aliphatic carbocycles. The summed E-state index contributed by atoms with van der Waals surface area (Å²) in [6.45, 7) is 0. The molecule has 12 aromatic rings. The van der Waals surface area contributed by atoms with E-state index in [1.165, 1.54) is 52.8 Å². The molecule has 0 saturated carbocycles. The first-order valence-electron chi connectivity index (χ1n) is 19.5. The van der Waals surface area contributed by atoms with Gasteiger partial charge in [0, 0.05) is 64.7 Å². The summed E-state index contributed by atoms with van der Waals surface area (Å²) < 4.78 is 5.07. The number of rotatable bonds is 5. The van der Waals surface area contributed by atoms with Crippen LogP contribution in [0.1, 0.15) is 0 Å². The van der Waals surface area contributed by atoms with Gasteiger partial charge in [0.15, 0.2) is 11.5 Å². The zero-order chi connectivity index (χ0) is 38.2. The van der Waals surface area contributed by atoms with E-state index in [-0.39, 0.29) is 0 Å². The molecular formula is C53H32N4S. The van der Waals surface area contributed by atoms with Crippen molar-refractivity contribution in [2.45, 2.75) is 0 Å². The molecule has 0 unspecified atom stereocenters. The van der Waals surface area contributed by atoms with Crippen molar-refractivity contribution < 1.29 is 0 Å². The summed E-state index contributed by atoms with van der Waals surface area (Å²) in [5, 5.41) is 8.61. The van der Waals surface area contributed by atoms with Crippen LogP contribution < -0.4 is 0 Å². The minimum absolute atomic E-state index is 0.638. The highest BCUT2D eigenvalue weighted by atomic mass is 32.1. The van der Waals surface area contributed by atoms with Crippen LogP contribution in [0.25, 0.3) is 114 Å². The van der Waals surface area contributed by atoms with Crippen LogP contribution >= 0.6 is 11.3 Å². The predicted octanol–water partition coefficient (Wildman–Crippen LogP) is 14.3. The zero-order valence-corrected chi connectivity index (χ0v) is 32.0. The third-order valence-corrected chi connectivity index (χ3v) is 12.6. The molecule has 0 radical (unpaired) electrons. The van der Waals surface area contributed by atoms with Gasteiger partial charge in [0.2, 0.25) is 0 Å². The second kappa shape index (κ2) is 13.1. The average Bonchev–Trinajstić information content (AvgIpc) is 3.86. The molecule has 270 valence electrons. The number of hydrogen-bond acceptors (Lipinski definition) is 4. The Hall–Kier alpha value is -7.47. The maximum atomic E-state index is 5.35. The summed E-state index contributed by atoms with van der Waals surface area (Å²) in [6, 6.07) is 67.1. The quantitative estimate of drug-likeness (QED) is 0.176. The molecule has 0 atom stereocenters. The van der Waals surface area contributed by atoms with E-state index < -0.39 is 0 Å². The number of para-hydroxylation sites is 1. The SMILES string of the molecule is c1ccc(-c2cc(-c3ccccc3)cc(-c3nc(-c4ccc(-n5c6ccccc6c6c7ccccc7c7sc8ccccc8c7c65)cc4)nc4ncccc34)c2)cc1. The van der Waals surface area contributed by atoms with E-state index in [4.69, 9.17) is 15.0 Å². The van der Waals surface area contributed by atoms with Crippen LogP contribution in [0, 0.1) is 0 Å². The Morgan fingerprint density at radius 2 is 1.02 bits per heavy atom. The van der Waals surface area contributed by atoms with Gasteiger partial charge in [-0.25, -0.2) is 15.0 Å². The van der Waals surface area contributed by atoms with Crippen LogP contribution in [0.15, 0.2) is 194 Å². The highest BCUT2D eigenvalue weighted by Crippen LogP contribution is 2.48. The van der Waals surface area contributed by atoms with Crippen molar-refractivity contribution in [2.24, 2.45) is 0 Å². The third kappa shape index (κ3) is 5.11. The van der Waals surface area contributed by atoms with Crippen LogP contribution in [0.2, 0.25) is 0 Å². The summed E-state index contributed by atoms with van der Waals surface area (Å²) >= 11 is 1.88. The molecular weight excluding hydrogens is 725 g/mol. The highest BCUT2D eigenvalue weighted by Gasteiger charge is 2.22. The maximum absolute atomic E-state index is 5.35. The van der Waals surface area contributed by atoms with Crippen molar-refractivity contribution in [1.82, 2.24) is 19.5 Å². The highest BCUT2D eigenvalue weighted by molar-refractivity contribution is 7.27. The number of benzene rings is 8. The fourth-order valence-electron chi connectivity index (χ4n) is 8.82. The van der Waals surface area contributed by atoms with Gasteiger partial charge in [-0.15, -0.1) is 11.3 Å². The number of aromatic nitrogens is 4. The Bertz CT molecular complexity index is 3490. The van der Waals surface area contributed by atoms with Gasteiger partial charge in [-0.1, -0.05) is 121 Å². The Labute approximate surface area is 338 Å². The van der Waals surface area contributed by atoms with Crippen molar-refractivity contribution in [3.05, 3.63) is 194 Å². The Kier molecular flexibility index (Phi) is 7.37. The molecule has 0 saturated heterocycles. The zero-order valence-electron chi connectivity index (χ0n) is 31.2. The minimum Gasteiger partial charge on any atom is -0.309 e. The van der Waals surface area contributed by atoms with Crippen LogP contribution in [-0.4, -0.2) is 19.5 Å². The molecule has 4 heterocycles. The van der Waals surface area contributed by atoms with Crippen LogP contribution in [0.3, 0.4) is 0 Å². The smallest absolute Gasteiger partial charge is 0.163 e. The lowest BCUT2D eigenvalue weighted by Crippen LogP contribution is -1.98. The van der Waals surface area contributed by atoms with Crippen molar-refractivity contribution in [1.29, 1.82) is 0 Å². The molecule has 5 heteroatoms. The molecule has 0 bridgehead atoms. The predicted molar refractivity (Wildman–Crippen MR) is 244 cm³/mol. The first-order chi connectivity index (χ1) is 28.8. The first kappa shape index (κ1) is 32.7. The van der Waals surface area contributed by atoms with Crippen LogP contribution in [-0.2, 0) is 0 Å². The van der Waals surface area contributed by atoms with E-state index in [1.807, 2.05) is 23.6 Å². The normalized spacial score (nSPS) is 11.8. The fraction of sp³-hybridized carbons (Fsp3) is 0.